The maximum Gasteiger partial charge on any atom is 0.0453 e. The van der Waals surface area contributed by atoms with Gasteiger partial charge in [-0.2, -0.15) is 0 Å². The molecule has 1 N–H and O–H groups in total. The molecule has 1 rings (SSSR count). The number of nitrogens with one attached hydrogen (secondary N) is 1. The van der Waals surface area contributed by atoms with E-state index in [1.165, 1.54) is 0 Å². The first-order chi connectivity index (χ1) is 6.61. The summed E-state index contributed by atoms with van der Waals surface area (Å²) in [5, 5.41) is 4.17. The molecular formula is C12H16ClN. The Morgan fingerprint density at radius 2 is 2.14 bits per heavy atom. The average molecular weight is 210 g/mol. The van der Waals surface area contributed by atoms with E-state index in [1.807, 2.05) is 31.2 Å². The van der Waals surface area contributed by atoms with Crippen LogP contribution in [0.1, 0.15) is 25.5 Å². The molecule has 0 aliphatic carbocycles. The number of hydrogen-bond donors (Lipinski definition) is 1. The Labute approximate surface area is 90.8 Å². The van der Waals surface area contributed by atoms with E-state index in [9.17, 15) is 0 Å². The molecule has 0 unspecified atom stereocenters. The third kappa shape index (κ3) is 3.17. The first-order valence-electron chi connectivity index (χ1n) is 4.73. The predicted octanol–water partition coefficient (Wildman–Crippen LogP) is 3.57. The van der Waals surface area contributed by atoms with Gasteiger partial charge in [-0.1, -0.05) is 42.0 Å². The molecule has 0 amide bonds. The van der Waals surface area contributed by atoms with Crippen molar-refractivity contribution in [2.75, 3.05) is 6.54 Å². The normalized spacial score (nSPS) is 12.5. The van der Waals surface area contributed by atoms with Gasteiger partial charge in [0.25, 0.3) is 0 Å². The van der Waals surface area contributed by atoms with Crippen molar-refractivity contribution < 1.29 is 0 Å². The molecule has 1 atom stereocenters. The van der Waals surface area contributed by atoms with Crippen LogP contribution in [-0.2, 0) is 0 Å². The van der Waals surface area contributed by atoms with E-state index in [1.54, 1.807) is 0 Å². The molecule has 0 aliphatic heterocycles. The quantitative estimate of drug-likeness (QED) is 0.748. The summed E-state index contributed by atoms with van der Waals surface area (Å²) < 4.78 is 0. The minimum absolute atomic E-state index is 0.264. The van der Waals surface area contributed by atoms with Gasteiger partial charge in [0.05, 0.1) is 0 Å². The molecule has 14 heavy (non-hydrogen) atoms. The Balaban J connectivity index is 2.65. The molecule has 0 saturated heterocycles. The molecule has 0 heterocycles. The lowest BCUT2D eigenvalue weighted by Gasteiger charge is -2.15. The maximum absolute atomic E-state index is 6.07. The number of halogens is 1. The molecule has 76 valence electrons. The summed E-state index contributed by atoms with van der Waals surface area (Å²) in [6.45, 7) is 8.78. The molecule has 0 bridgehead atoms. The van der Waals surface area contributed by atoms with Crippen LogP contribution >= 0.6 is 11.6 Å². The van der Waals surface area contributed by atoms with Gasteiger partial charge < -0.3 is 5.32 Å². The van der Waals surface area contributed by atoms with Crippen molar-refractivity contribution in [2.45, 2.75) is 19.9 Å². The van der Waals surface area contributed by atoms with Crippen molar-refractivity contribution in [1.82, 2.24) is 5.32 Å². The lowest BCUT2D eigenvalue weighted by atomic mass is 10.1. The smallest absolute Gasteiger partial charge is 0.0453 e. The van der Waals surface area contributed by atoms with Crippen LogP contribution in [-0.4, -0.2) is 6.54 Å². The second kappa shape index (κ2) is 5.18. The van der Waals surface area contributed by atoms with Crippen molar-refractivity contribution in [1.29, 1.82) is 0 Å². The highest BCUT2D eigenvalue weighted by molar-refractivity contribution is 6.31. The molecule has 2 heteroatoms. The monoisotopic (exact) mass is 209 g/mol. The summed E-state index contributed by atoms with van der Waals surface area (Å²) in [6.07, 6.45) is 0. The Morgan fingerprint density at radius 3 is 2.71 bits per heavy atom. The standard InChI is InChI=1S/C12H16ClN/c1-9(2)8-14-10(3)11-6-4-5-7-12(11)13/h4-7,10,14H,1,8H2,2-3H3/t10-/m1/s1. The molecule has 0 radical (unpaired) electrons. The van der Waals surface area contributed by atoms with Gasteiger partial charge in [0.15, 0.2) is 0 Å². The maximum atomic E-state index is 6.07. The van der Waals surface area contributed by atoms with Crippen LogP contribution in [0.2, 0.25) is 5.02 Å². The van der Waals surface area contributed by atoms with Gasteiger partial charge in [-0.05, 0) is 25.5 Å². The fourth-order valence-corrected chi connectivity index (χ4v) is 1.56. The summed E-state index contributed by atoms with van der Waals surface area (Å²) in [5.74, 6) is 0. The second-order valence-electron chi connectivity index (χ2n) is 3.58. The molecule has 1 nitrogen and oxygen atoms in total. The highest BCUT2D eigenvalue weighted by atomic mass is 35.5. The summed E-state index contributed by atoms with van der Waals surface area (Å²) in [4.78, 5) is 0. The fraction of sp³-hybridized carbons (Fsp3) is 0.333. The van der Waals surface area contributed by atoms with Crippen LogP contribution in [0.3, 0.4) is 0 Å². The van der Waals surface area contributed by atoms with Crippen molar-refractivity contribution in [2.24, 2.45) is 0 Å². The Hall–Kier alpha value is -0.790. The molecule has 1 aromatic rings. The summed E-state index contributed by atoms with van der Waals surface area (Å²) in [6, 6.07) is 8.16. The summed E-state index contributed by atoms with van der Waals surface area (Å²) >= 11 is 6.07. The average Bonchev–Trinajstić information content (AvgIpc) is 2.15. The molecule has 1 aromatic carbocycles. The number of rotatable bonds is 4. The van der Waals surface area contributed by atoms with Gasteiger partial charge in [-0.15, -0.1) is 0 Å². The first kappa shape index (κ1) is 11.3. The molecule has 0 aliphatic rings. The molecular weight excluding hydrogens is 194 g/mol. The first-order valence-corrected chi connectivity index (χ1v) is 5.11. The van der Waals surface area contributed by atoms with Crippen molar-refractivity contribution in [3.05, 3.63) is 47.0 Å². The van der Waals surface area contributed by atoms with E-state index in [0.29, 0.717) is 0 Å². The van der Waals surface area contributed by atoms with Crippen LogP contribution < -0.4 is 5.32 Å². The third-order valence-electron chi connectivity index (χ3n) is 2.08. The van der Waals surface area contributed by atoms with Gasteiger partial charge in [0.2, 0.25) is 0 Å². The lowest BCUT2D eigenvalue weighted by Crippen LogP contribution is -2.20. The van der Waals surface area contributed by atoms with Crippen LogP contribution in [0.4, 0.5) is 0 Å². The van der Waals surface area contributed by atoms with Crippen molar-refractivity contribution >= 4 is 11.6 Å². The third-order valence-corrected chi connectivity index (χ3v) is 2.43. The zero-order valence-electron chi connectivity index (χ0n) is 8.68. The Kier molecular flexibility index (Phi) is 4.18. The fourth-order valence-electron chi connectivity index (χ4n) is 1.26. The van der Waals surface area contributed by atoms with Crippen molar-refractivity contribution in [3.63, 3.8) is 0 Å². The molecule has 0 spiro atoms. The predicted molar refractivity (Wildman–Crippen MR) is 62.7 cm³/mol. The highest BCUT2D eigenvalue weighted by Crippen LogP contribution is 2.21. The van der Waals surface area contributed by atoms with Gasteiger partial charge in [0, 0.05) is 17.6 Å². The summed E-state index contributed by atoms with van der Waals surface area (Å²) in [7, 11) is 0. The Bertz CT molecular complexity index is 320. The number of benzene rings is 1. The minimum atomic E-state index is 0.264. The Morgan fingerprint density at radius 1 is 1.50 bits per heavy atom. The van der Waals surface area contributed by atoms with Crippen LogP contribution in [0.5, 0.6) is 0 Å². The van der Waals surface area contributed by atoms with Gasteiger partial charge in [-0.25, -0.2) is 0 Å². The minimum Gasteiger partial charge on any atom is -0.306 e. The SMILES string of the molecule is C=C(C)CN[C@H](C)c1ccccc1Cl. The van der Waals surface area contributed by atoms with E-state index >= 15 is 0 Å². The highest BCUT2D eigenvalue weighted by Gasteiger charge is 2.07. The van der Waals surface area contributed by atoms with Gasteiger partial charge >= 0.3 is 0 Å². The van der Waals surface area contributed by atoms with E-state index < -0.39 is 0 Å². The van der Waals surface area contributed by atoms with E-state index in [0.717, 1.165) is 22.7 Å². The molecule has 0 fully saturated rings. The second-order valence-corrected chi connectivity index (χ2v) is 3.99. The van der Waals surface area contributed by atoms with Crippen LogP contribution in [0, 0.1) is 0 Å². The summed E-state index contributed by atoms with van der Waals surface area (Å²) in [5.41, 5.74) is 2.26. The van der Waals surface area contributed by atoms with Gasteiger partial charge in [-0.3, -0.25) is 0 Å². The van der Waals surface area contributed by atoms with Gasteiger partial charge in [0.1, 0.15) is 0 Å². The molecule has 0 aromatic heterocycles. The van der Waals surface area contributed by atoms with Crippen LogP contribution in [0.15, 0.2) is 36.4 Å². The topological polar surface area (TPSA) is 12.0 Å². The van der Waals surface area contributed by atoms with E-state index in [2.05, 4.69) is 18.8 Å². The van der Waals surface area contributed by atoms with Crippen molar-refractivity contribution in [3.8, 4) is 0 Å². The zero-order valence-corrected chi connectivity index (χ0v) is 9.43. The zero-order chi connectivity index (χ0) is 10.6. The van der Waals surface area contributed by atoms with Crippen LogP contribution in [0.25, 0.3) is 0 Å². The lowest BCUT2D eigenvalue weighted by molar-refractivity contribution is 0.607. The van der Waals surface area contributed by atoms with E-state index in [-0.39, 0.29) is 6.04 Å². The largest absolute Gasteiger partial charge is 0.306 e. The molecule has 0 saturated carbocycles. The van der Waals surface area contributed by atoms with E-state index in [4.69, 9.17) is 11.6 Å². The number of hydrogen-bond acceptors (Lipinski definition) is 1.